The summed E-state index contributed by atoms with van der Waals surface area (Å²) in [5.74, 6) is -2.24. The van der Waals surface area contributed by atoms with Crippen LogP contribution < -0.4 is 11.5 Å². The van der Waals surface area contributed by atoms with Crippen LogP contribution in [0.2, 0.25) is 0 Å². The lowest BCUT2D eigenvalue weighted by molar-refractivity contribution is 0.1000. The van der Waals surface area contributed by atoms with Gasteiger partial charge in [-0.25, -0.2) is 17.8 Å². The second-order valence-electron chi connectivity index (χ2n) is 4.33. The number of nitrogens with two attached hydrogens (primary N) is 2. The normalized spacial score (nSPS) is 11.3. The van der Waals surface area contributed by atoms with Gasteiger partial charge in [-0.2, -0.15) is 0 Å². The molecule has 0 spiro atoms. The first-order valence-electron chi connectivity index (χ1n) is 5.83. The molecule has 0 atom stereocenters. The number of sulfone groups is 1. The summed E-state index contributed by atoms with van der Waals surface area (Å²) in [7, 11) is -3.89. The second-order valence-corrected chi connectivity index (χ2v) is 6.23. The average Bonchev–Trinajstić information content (AvgIpc) is 2.41. The Morgan fingerprint density at radius 2 is 2.00 bits per heavy atom. The zero-order valence-corrected chi connectivity index (χ0v) is 11.6. The Balaban J connectivity index is 2.38. The van der Waals surface area contributed by atoms with Gasteiger partial charge in [-0.1, -0.05) is 6.07 Å². The number of carbonyl (C=O) groups excluding carboxylic acids is 1. The Kier molecular flexibility index (Phi) is 3.90. The molecule has 1 heterocycles. The first kappa shape index (κ1) is 14.9. The molecule has 0 aliphatic carbocycles. The average molecular weight is 309 g/mol. The quantitative estimate of drug-likeness (QED) is 0.869. The van der Waals surface area contributed by atoms with Gasteiger partial charge in [-0.3, -0.25) is 4.79 Å². The Morgan fingerprint density at radius 1 is 1.29 bits per heavy atom. The topological polar surface area (TPSA) is 116 Å². The van der Waals surface area contributed by atoms with Crippen LogP contribution in [-0.2, 0) is 15.6 Å². The van der Waals surface area contributed by atoms with Crippen molar-refractivity contribution in [1.29, 1.82) is 0 Å². The Morgan fingerprint density at radius 3 is 2.57 bits per heavy atom. The van der Waals surface area contributed by atoms with Crippen molar-refractivity contribution in [1.82, 2.24) is 4.98 Å². The van der Waals surface area contributed by atoms with E-state index in [4.69, 9.17) is 11.5 Å². The van der Waals surface area contributed by atoms with E-state index in [0.29, 0.717) is 0 Å². The van der Waals surface area contributed by atoms with Crippen LogP contribution in [-0.4, -0.2) is 19.3 Å². The first-order valence-corrected chi connectivity index (χ1v) is 7.48. The van der Waals surface area contributed by atoms with Crippen molar-refractivity contribution in [3.05, 3.63) is 53.5 Å². The van der Waals surface area contributed by atoms with E-state index in [1.165, 1.54) is 30.5 Å². The van der Waals surface area contributed by atoms with Crippen LogP contribution in [0, 0.1) is 5.82 Å². The van der Waals surface area contributed by atoms with Crippen molar-refractivity contribution < 1.29 is 17.6 Å². The predicted octanol–water partition coefficient (Wildman–Crippen LogP) is 0.876. The zero-order chi connectivity index (χ0) is 15.6. The molecule has 6 nitrogen and oxygen atoms in total. The van der Waals surface area contributed by atoms with E-state index in [1.807, 2.05) is 0 Å². The van der Waals surface area contributed by atoms with E-state index in [2.05, 4.69) is 4.98 Å². The molecule has 0 bridgehead atoms. The number of halogens is 1. The highest BCUT2D eigenvalue weighted by Crippen LogP contribution is 2.21. The number of nitrogen functional groups attached to an aromatic ring is 1. The van der Waals surface area contributed by atoms with Crippen molar-refractivity contribution in [2.75, 3.05) is 5.73 Å². The summed E-state index contributed by atoms with van der Waals surface area (Å²) in [5, 5.41) is -0.302. The third-order valence-electron chi connectivity index (χ3n) is 2.78. The van der Waals surface area contributed by atoms with Crippen LogP contribution >= 0.6 is 0 Å². The van der Waals surface area contributed by atoms with Crippen LogP contribution in [0.5, 0.6) is 0 Å². The van der Waals surface area contributed by atoms with Gasteiger partial charge in [0.25, 0.3) is 0 Å². The Hall–Kier alpha value is -2.48. The van der Waals surface area contributed by atoms with Crippen molar-refractivity contribution in [3.63, 3.8) is 0 Å². The van der Waals surface area contributed by atoms with Crippen LogP contribution in [0.25, 0.3) is 0 Å². The Bertz CT molecular complexity index is 806. The lowest BCUT2D eigenvalue weighted by Crippen LogP contribution is -2.13. The molecule has 8 heteroatoms. The van der Waals surface area contributed by atoms with Gasteiger partial charge < -0.3 is 11.5 Å². The number of rotatable bonds is 4. The molecule has 21 heavy (non-hydrogen) atoms. The van der Waals surface area contributed by atoms with Crippen molar-refractivity contribution in [2.24, 2.45) is 5.73 Å². The molecule has 0 radical (unpaired) electrons. The van der Waals surface area contributed by atoms with Crippen molar-refractivity contribution in [3.8, 4) is 0 Å². The van der Waals surface area contributed by atoms with Gasteiger partial charge in [0, 0.05) is 17.3 Å². The maximum Gasteiger partial charge on any atom is 0.248 e. The summed E-state index contributed by atoms with van der Waals surface area (Å²) >= 11 is 0. The highest BCUT2D eigenvalue weighted by molar-refractivity contribution is 7.90. The minimum Gasteiger partial charge on any atom is -0.396 e. The molecule has 0 saturated carbocycles. The Labute approximate surface area is 120 Å². The number of hydrogen-bond acceptors (Lipinski definition) is 5. The summed E-state index contributed by atoms with van der Waals surface area (Å²) in [6.07, 6.45) is 1.29. The molecule has 0 unspecified atom stereocenters. The molecule has 1 aromatic carbocycles. The van der Waals surface area contributed by atoms with E-state index >= 15 is 0 Å². The largest absolute Gasteiger partial charge is 0.396 e. The molecule has 0 saturated heterocycles. The fourth-order valence-corrected chi connectivity index (χ4v) is 3.18. The van der Waals surface area contributed by atoms with Gasteiger partial charge in [-0.05, 0) is 24.3 Å². The number of amides is 1. The minimum atomic E-state index is -3.89. The summed E-state index contributed by atoms with van der Waals surface area (Å²) in [6, 6.07) is 6.25. The van der Waals surface area contributed by atoms with Crippen LogP contribution in [0.4, 0.5) is 10.1 Å². The molecular weight excluding hydrogens is 297 g/mol. The fourth-order valence-electron chi connectivity index (χ4n) is 1.75. The smallest absolute Gasteiger partial charge is 0.248 e. The summed E-state index contributed by atoms with van der Waals surface area (Å²) in [5.41, 5.74) is 10.4. The molecule has 1 amide bonds. The molecule has 0 aliphatic rings. The van der Waals surface area contributed by atoms with Crippen molar-refractivity contribution in [2.45, 2.75) is 10.8 Å². The molecule has 2 rings (SSSR count). The number of benzene rings is 1. The summed E-state index contributed by atoms with van der Waals surface area (Å²) < 4.78 is 38.2. The van der Waals surface area contributed by atoms with Crippen LogP contribution in [0.3, 0.4) is 0 Å². The molecule has 1 aromatic heterocycles. The molecule has 110 valence electrons. The third kappa shape index (κ3) is 3.16. The predicted molar refractivity (Wildman–Crippen MR) is 74.5 cm³/mol. The number of hydrogen-bond donors (Lipinski definition) is 2. The van der Waals surface area contributed by atoms with E-state index in [9.17, 15) is 17.6 Å². The molecular formula is C13H12FN3O3S. The van der Waals surface area contributed by atoms with Gasteiger partial charge >= 0.3 is 0 Å². The summed E-state index contributed by atoms with van der Waals surface area (Å²) in [6.45, 7) is 0. The summed E-state index contributed by atoms with van der Waals surface area (Å²) in [4.78, 5) is 14.6. The molecule has 0 aliphatic heterocycles. The number of aromatic nitrogens is 1. The van der Waals surface area contributed by atoms with E-state index in [1.54, 1.807) is 0 Å². The first-order chi connectivity index (χ1) is 9.81. The number of nitrogens with zero attached hydrogens (tertiary/aromatic N) is 1. The lowest BCUT2D eigenvalue weighted by Gasteiger charge is -2.07. The highest BCUT2D eigenvalue weighted by Gasteiger charge is 2.22. The molecule has 2 aromatic rings. The number of carbonyl (C=O) groups is 1. The second kappa shape index (κ2) is 5.49. The fraction of sp³-hybridized carbons (Fsp3) is 0.0769. The van der Waals surface area contributed by atoms with E-state index in [-0.39, 0.29) is 21.8 Å². The third-order valence-corrected chi connectivity index (χ3v) is 4.40. The van der Waals surface area contributed by atoms with Crippen LogP contribution in [0.1, 0.15) is 15.9 Å². The lowest BCUT2D eigenvalue weighted by atomic mass is 10.1. The SMILES string of the molecule is NC(=O)c1ccc(CS(=O)(=O)c2ncccc2N)c(F)c1. The van der Waals surface area contributed by atoms with Crippen molar-refractivity contribution >= 4 is 21.4 Å². The molecule has 4 N–H and O–H groups in total. The van der Waals surface area contributed by atoms with Gasteiger partial charge in [0.2, 0.25) is 15.7 Å². The standard InChI is InChI=1S/C13H12FN3O3S/c14-10-6-8(12(16)18)3-4-9(10)7-21(19,20)13-11(15)2-1-5-17-13/h1-6H,7,15H2,(H2,16,18). The number of pyridine rings is 1. The minimum absolute atomic E-state index is 0.00772. The van der Waals surface area contributed by atoms with Gasteiger partial charge in [-0.15, -0.1) is 0 Å². The van der Waals surface area contributed by atoms with Crippen LogP contribution in [0.15, 0.2) is 41.6 Å². The van der Waals surface area contributed by atoms with Gasteiger partial charge in [0.05, 0.1) is 11.4 Å². The van der Waals surface area contributed by atoms with E-state index < -0.39 is 27.3 Å². The van der Waals surface area contributed by atoms with Gasteiger partial charge in [0.15, 0.2) is 5.03 Å². The zero-order valence-electron chi connectivity index (χ0n) is 10.8. The maximum absolute atomic E-state index is 13.8. The van der Waals surface area contributed by atoms with E-state index in [0.717, 1.165) is 6.07 Å². The number of primary amides is 1. The monoisotopic (exact) mass is 309 g/mol. The maximum atomic E-state index is 13.8. The molecule has 0 fully saturated rings. The highest BCUT2D eigenvalue weighted by atomic mass is 32.2. The number of anilines is 1. The van der Waals surface area contributed by atoms with Gasteiger partial charge in [0.1, 0.15) is 5.82 Å².